The van der Waals surface area contributed by atoms with Crippen LogP contribution >= 0.6 is 11.3 Å². The zero-order valence-corrected chi connectivity index (χ0v) is 13.5. The molecule has 2 N–H and O–H groups in total. The molecule has 0 fully saturated rings. The van der Waals surface area contributed by atoms with E-state index in [0.717, 1.165) is 24.1 Å². The van der Waals surface area contributed by atoms with E-state index in [1.54, 1.807) is 6.07 Å². The third-order valence-electron chi connectivity index (χ3n) is 2.83. The minimum Gasteiger partial charge on any atom is -0.315 e. The molecule has 0 aromatic carbocycles. The molecule has 1 rings (SSSR count). The predicted molar refractivity (Wildman–Crippen MR) is 81.0 cm³/mol. The SMILES string of the molecule is CNCc1sccc1S(=O)(=O)NCCCCC(C)C. The van der Waals surface area contributed by atoms with Crippen molar-refractivity contribution in [2.75, 3.05) is 13.6 Å². The van der Waals surface area contributed by atoms with E-state index in [1.807, 2.05) is 12.4 Å². The highest BCUT2D eigenvalue weighted by molar-refractivity contribution is 7.89. The van der Waals surface area contributed by atoms with E-state index >= 15 is 0 Å². The fourth-order valence-electron chi connectivity index (χ4n) is 1.82. The maximum Gasteiger partial charge on any atom is 0.241 e. The maximum absolute atomic E-state index is 12.2. The lowest BCUT2D eigenvalue weighted by Crippen LogP contribution is -2.25. The van der Waals surface area contributed by atoms with Gasteiger partial charge < -0.3 is 5.32 Å². The Kier molecular flexibility index (Phi) is 6.99. The summed E-state index contributed by atoms with van der Waals surface area (Å²) in [5.74, 6) is 0.677. The fourth-order valence-corrected chi connectivity index (χ4v) is 4.35. The molecule has 4 nitrogen and oxygen atoms in total. The van der Waals surface area contributed by atoms with Crippen LogP contribution < -0.4 is 10.0 Å². The van der Waals surface area contributed by atoms with Gasteiger partial charge in [0.25, 0.3) is 0 Å². The first-order valence-corrected chi connectivity index (χ1v) is 9.04. The first-order chi connectivity index (χ1) is 8.97. The van der Waals surface area contributed by atoms with Crippen LogP contribution in [-0.4, -0.2) is 22.0 Å². The summed E-state index contributed by atoms with van der Waals surface area (Å²) in [7, 11) is -1.54. The summed E-state index contributed by atoms with van der Waals surface area (Å²) in [5.41, 5.74) is 0. The van der Waals surface area contributed by atoms with Crippen LogP contribution in [0.5, 0.6) is 0 Å². The van der Waals surface area contributed by atoms with Gasteiger partial charge in [0, 0.05) is 18.0 Å². The lowest BCUT2D eigenvalue weighted by atomic mass is 10.1. The monoisotopic (exact) mass is 304 g/mol. The molecule has 0 amide bonds. The van der Waals surface area contributed by atoms with Gasteiger partial charge in [-0.2, -0.15) is 0 Å². The number of thiophene rings is 1. The van der Waals surface area contributed by atoms with Crippen LogP contribution in [0.2, 0.25) is 0 Å². The number of sulfonamides is 1. The molecule has 1 aromatic rings. The van der Waals surface area contributed by atoms with Gasteiger partial charge in [0.05, 0.1) is 4.90 Å². The van der Waals surface area contributed by atoms with Gasteiger partial charge in [0.2, 0.25) is 10.0 Å². The molecular formula is C13H24N2O2S2. The van der Waals surface area contributed by atoms with E-state index in [4.69, 9.17) is 0 Å². The highest BCUT2D eigenvalue weighted by Gasteiger charge is 2.18. The smallest absolute Gasteiger partial charge is 0.241 e. The van der Waals surface area contributed by atoms with Crippen molar-refractivity contribution >= 4 is 21.4 Å². The largest absolute Gasteiger partial charge is 0.315 e. The molecule has 0 aliphatic heterocycles. The molecule has 19 heavy (non-hydrogen) atoms. The van der Waals surface area contributed by atoms with Crippen LogP contribution in [0, 0.1) is 5.92 Å². The first-order valence-electron chi connectivity index (χ1n) is 6.68. The van der Waals surface area contributed by atoms with Crippen molar-refractivity contribution in [2.24, 2.45) is 5.92 Å². The summed E-state index contributed by atoms with van der Waals surface area (Å²) >= 11 is 1.47. The summed E-state index contributed by atoms with van der Waals surface area (Å²) in [5, 5.41) is 4.81. The van der Waals surface area contributed by atoms with Crippen molar-refractivity contribution in [1.29, 1.82) is 0 Å². The van der Waals surface area contributed by atoms with E-state index in [0.29, 0.717) is 23.9 Å². The number of hydrogen-bond donors (Lipinski definition) is 2. The van der Waals surface area contributed by atoms with Crippen LogP contribution in [0.15, 0.2) is 16.3 Å². The molecule has 1 aromatic heterocycles. The van der Waals surface area contributed by atoms with E-state index in [-0.39, 0.29) is 0 Å². The van der Waals surface area contributed by atoms with Crippen molar-refractivity contribution in [3.8, 4) is 0 Å². The highest BCUT2D eigenvalue weighted by atomic mass is 32.2. The molecular weight excluding hydrogens is 280 g/mol. The molecule has 0 atom stereocenters. The van der Waals surface area contributed by atoms with Crippen molar-refractivity contribution in [1.82, 2.24) is 10.0 Å². The quantitative estimate of drug-likeness (QED) is 0.689. The Morgan fingerprint density at radius 3 is 2.68 bits per heavy atom. The maximum atomic E-state index is 12.2. The average Bonchev–Trinajstić information content (AvgIpc) is 2.77. The fraction of sp³-hybridized carbons (Fsp3) is 0.692. The van der Waals surface area contributed by atoms with Gasteiger partial charge in [0.15, 0.2) is 0 Å². The van der Waals surface area contributed by atoms with Crippen molar-refractivity contribution < 1.29 is 8.42 Å². The van der Waals surface area contributed by atoms with Crippen LogP contribution in [0.25, 0.3) is 0 Å². The summed E-state index contributed by atoms with van der Waals surface area (Å²) in [4.78, 5) is 1.27. The molecule has 0 spiro atoms. The molecule has 0 saturated carbocycles. The zero-order valence-electron chi connectivity index (χ0n) is 11.9. The number of rotatable bonds is 9. The summed E-state index contributed by atoms with van der Waals surface area (Å²) in [6, 6.07) is 1.67. The minimum atomic E-state index is -3.35. The standard InChI is InChI=1S/C13H24N2O2S2/c1-11(2)6-4-5-8-15-19(16,17)13-7-9-18-12(13)10-14-3/h7,9,11,14-15H,4-6,8,10H2,1-3H3. The van der Waals surface area contributed by atoms with Gasteiger partial charge >= 0.3 is 0 Å². The lowest BCUT2D eigenvalue weighted by molar-refractivity contribution is 0.530. The Hall–Kier alpha value is -0.430. The second kappa shape index (κ2) is 7.99. The van der Waals surface area contributed by atoms with Gasteiger partial charge in [-0.05, 0) is 30.8 Å². The van der Waals surface area contributed by atoms with Crippen LogP contribution in [0.4, 0.5) is 0 Å². The normalized spacial score (nSPS) is 12.2. The Morgan fingerprint density at radius 1 is 1.32 bits per heavy atom. The number of hydrogen-bond acceptors (Lipinski definition) is 4. The van der Waals surface area contributed by atoms with Crippen molar-refractivity contribution in [2.45, 2.75) is 44.6 Å². The van der Waals surface area contributed by atoms with Crippen molar-refractivity contribution in [3.05, 3.63) is 16.3 Å². The molecule has 6 heteroatoms. The Bertz CT molecular complexity index is 467. The van der Waals surface area contributed by atoms with E-state index in [1.165, 1.54) is 11.3 Å². The van der Waals surface area contributed by atoms with Crippen LogP contribution in [-0.2, 0) is 16.6 Å². The molecule has 1 heterocycles. The van der Waals surface area contributed by atoms with Crippen LogP contribution in [0.3, 0.4) is 0 Å². The summed E-state index contributed by atoms with van der Waals surface area (Å²) in [6.07, 6.45) is 3.10. The number of nitrogens with one attached hydrogen (secondary N) is 2. The third kappa shape index (κ3) is 5.60. The second-order valence-corrected chi connectivity index (χ2v) is 7.76. The molecule has 0 aliphatic rings. The minimum absolute atomic E-state index is 0.413. The zero-order chi connectivity index (χ0) is 14.3. The van der Waals surface area contributed by atoms with Gasteiger partial charge in [0.1, 0.15) is 0 Å². The van der Waals surface area contributed by atoms with Gasteiger partial charge in [-0.3, -0.25) is 0 Å². The van der Waals surface area contributed by atoms with Gasteiger partial charge in [-0.1, -0.05) is 26.7 Å². The van der Waals surface area contributed by atoms with Gasteiger partial charge in [-0.15, -0.1) is 11.3 Å². The highest BCUT2D eigenvalue weighted by Crippen LogP contribution is 2.21. The predicted octanol–water partition coefficient (Wildman–Crippen LogP) is 2.57. The molecule has 0 aliphatic carbocycles. The van der Waals surface area contributed by atoms with E-state index in [9.17, 15) is 8.42 Å². The van der Waals surface area contributed by atoms with E-state index < -0.39 is 10.0 Å². The molecule has 0 bridgehead atoms. The Balaban J connectivity index is 2.49. The Labute approximate surface area is 120 Å². The second-order valence-electron chi connectivity index (χ2n) is 5.03. The summed E-state index contributed by atoms with van der Waals surface area (Å²) in [6.45, 7) is 5.46. The lowest BCUT2D eigenvalue weighted by Gasteiger charge is -2.08. The van der Waals surface area contributed by atoms with Gasteiger partial charge in [-0.25, -0.2) is 13.1 Å². The summed E-state index contributed by atoms with van der Waals surface area (Å²) < 4.78 is 27.0. The average molecular weight is 304 g/mol. The van der Waals surface area contributed by atoms with E-state index in [2.05, 4.69) is 23.9 Å². The first kappa shape index (κ1) is 16.6. The molecule has 0 saturated heterocycles. The topological polar surface area (TPSA) is 58.2 Å². The molecule has 0 radical (unpaired) electrons. The molecule has 0 unspecified atom stereocenters. The van der Waals surface area contributed by atoms with Crippen LogP contribution in [0.1, 0.15) is 38.0 Å². The number of unbranched alkanes of at least 4 members (excludes halogenated alkanes) is 1. The molecule has 110 valence electrons. The van der Waals surface area contributed by atoms with Crippen molar-refractivity contribution in [3.63, 3.8) is 0 Å². The third-order valence-corrected chi connectivity index (χ3v) is 5.43. The Morgan fingerprint density at radius 2 is 2.05 bits per heavy atom.